The molecule has 696 valence electrons. The highest BCUT2D eigenvalue weighted by Gasteiger charge is 2.25. The predicted molar refractivity (Wildman–Crippen MR) is 650 cm³/mol. The molecular formula is C150H96. The zero-order valence-electron chi connectivity index (χ0n) is 171. The van der Waals surface area contributed by atoms with E-state index in [1.807, 2.05) is 0 Å². The first-order chi connectivity index (χ1) is 114. The SMILES string of the molecule is [2H]c1c([2H])c([2H])c(-c2c([2H])c([2H])c([2H])c(-c3c4c([2H])c([2H])c([2H])c([2H])c4c(-c4c([2H])c([2H])c5c([2H])c([2H])c([2H])c([2H])c5c4[2H])c4c([2H])c([2H])c([2H])c([2H])c34)c2[2H])c([2H])c1[2H].[2H]c1c([2H])c([2H])c2c([2H])c(-c3c4c([2H])c([2H])c([2H])c([2H])c4c(-c4c([2H])c([2H])c([2H])c5c([2H])c([2H])c6c([2H])c([2H])c([2H])c([2H])c6c45)c4c([2H])c([2H])c([2H])c([2H])c34)c([2H])c([2H])c2c1[2H].[2H]c1c([2H])c([2H])c2c([2H])c(-c3c4c([2H])c([2H])c([2H])c([2H])c4c(-c4c([2H])c([2H])c5c([2H])c([2H])c6c([2H])c([2H])c([2H])c([2H])c6c5c4[2H])c4c([2H])c([2H])c([2H])c([2H])c34)c([2H])c([2H])c2c1[2H].[2H]c1c([2H])c([2H])c2c([2H])c(-c3c4c([2H])c([2H])c([2H])c([2H])c4c(-c4c([2H])c([2H])c5c(c4[2H])c([2H])c([2H])c4c([2H])c([2H])c([2H])c([2H])c45)c4c([2H])c([2H])c([2H])c([2H])c34)c([2H])c([2H])c2c1[2H]. The lowest BCUT2D eigenvalue weighted by atomic mass is 9.84. The summed E-state index contributed by atoms with van der Waals surface area (Å²) in [4.78, 5) is 0. The molecule has 0 radical (unpaired) electrons. The number of benzene rings is 31. The van der Waals surface area contributed by atoms with Gasteiger partial charge in [0, 0.05) is 0 Å². The fourth-order valence-corrected chi connectivity index (χ4v) is 17.8. The summed E-state index contributed by atoms with van der Waals surface area (Å²) >= 11 is 0. The normalized spacial score (nSPS) is 20.6. The number of rotatable bonds is 9. The molecule has 0 fully saturated rings. The lowest BCUT2D eigenvalue weighted by Gasteiger charge is -2.19. The monoisotopic (exact) mass is 1990 g/mol. The molecule has 0 atom stereocenters. The largest absolute Gasteiger partial charge is 0.0636 e. The third-order valence-corrected chi connectivity index (χ3v) is 24.1. The summed E-state index contributed by atoms with van der Waals surface area (Å²) in [5.41, 5.74) is -12.9. The second-order valence-electron chi connectivity index (χ2n) is 32.2. The Balaban J connectivity index is 0.000000139. The molecule has 0 bridgehead atoms. The highest BCUT2D eigenvalue weighted by atomic mass is 14.3. The smallest absolute Gasteiger partial charge is 0.0622 e. The van der Waals surface area contributed by atoms with Crippen LogP contribution in [0.1, 0.15) is 132 Å². The topological polar surface area (TPSA) is 0 Å². The van der Waals surface area contributed by atoms with Crippen molar-refractivity contribution >= 4 is 194 Å². The van der Waals surface area contributed by atoms with Crippen LogP contribution in [0.2, 0.25) is 0 Å². The van der Waals surface area contributed by atoms with Crippen LogP contribution in [0.3, 0.4) is 0 Å². The van der Waals surface area contributed by atoms with E-state index in [1.54, 1.807) is 0 Å². The average Bonchev–Trinajstić information content (AvgIpc) is 0.682. The Morgan fingerprint density at radius 3 is 0.627 bits per heavy atom. The van der Waals surface area contributed by atoms with Crippen LogP contribution in [0.5, 0.6) is 0 Å². The van der Waals surface area contributed by atoms with Crippen LogP contribution in [0, 0.1) is 0 Å². The van der Waals surface area contributed by atoms with E-state index in [2.05, 4.69) is 0 Å². The van der Waals surface area contributed by atoms with Gasteiger partial charge >= 0.3 is 0 Å². The summed E-state index contributed by atoms with van der Waals surface area (Å²) in [6.45, 7) is 0. The highest BCUT2D eigenvalue weighted by molar-refractivity contribution is 6.30. The van der Waals surface area contributed by atoms with Gasteiger partial charge in [-0.15, -0.1) is 0 Å². The summed E-state index contributed by atoms with van der Waals surface area (Å²) in [5.74, 6) is 0. The molecule has 0 N–H and O–H groups in total. The Bertz CT molecular complexity index is 16900. The van der Waals surface area contributed by atoms with Crippen LogP contribution >= 0.6 is 0 Å². The first-order valence-corrected chi connectivity index (χ1v) is 44.2. The standard InChI is InChI=1S/3C38H24.C36H24/c1-2-12-28-24-29(23-20-25(28)10-1)37-31-15-5-7-17-33(31)38(34-18-8-6-16-32(34)37)35-19-9-13-27-22-21-26-11-3-4-14-30(26)36(27)35;1-2-11-28-23-29(21-17-25(28)9-1)37-32-13-5-7-15-34(32)38(35-16-8-6-14-33(35)37)30-22-20-27-19-18-26-10-3-4-12-31(26)36(27)24-30;1-2-11-27-23-29(20-17-25(27)9-1)37-33-13-5-7-15-35(33)38(36-16-8-6-14-34(36)37)30-21-22-32-28(24-30)19-18-26-10-3-4-12-31(26)32;1-2-11-25(12-3-1)28-15-10-16-29(23-28)35-31-17-6-8-19-33(31)36(34-20-9-7-18-32(34)35)30-22-21-26-13-4-5-14-27(26)24-30/h3*1-24H;1-24H/i4*1D,2D,3D,4D,5D,6D,7D,8D,9D,10D,11D,12D,13D,14D,15D,16D,17D,18D,19D,20D,21D,22D,23D,24D. The molecule has 0 aliphatic rings. The van der Waals surface area contributed by atoms with Crippen molar-refractivity contribution in [1.82, 2.24) is 0 Å². The number of hydrogen-bond donors (Lipinski definition) is 0. The molecule has 0 amide bonds. The zero-order chi connectivity index (χ0) is 183. The number of fused-ring (bicyclic) bond motifs is 21. The molecule has 0 aliphatic heterocycles. The van der Waals surface area contributed by atoms with Crippen LogP contribution in [0.4, 0.5) is 0 Å². The van der Waals surface area contributed by atoms with E-state index in [1.165, 1.54) is 0 Å². The molecule has 0 saturated heterocycles. The van der Waals surface area contributed by atoms with Gasteiger partial charge in [0.1, 0.15) is 0 Å². The van der Waals surface area contributed by atoms with E-state index in [0.29, 0.717) is 0 Å². The van der Waals surface area contributed by atoms with Gasteiger partial charge in [-0.1, -0.05) is 538 Å². The minimum absolute atomic E-state index is 0.467. The fraction of sp³-hybridized carbons (Fsp3) is 0. The van der Waals surface area contributed by atoms with Crippen molar-refractivity contribution in [2.45, 2.75) is 0 Å². The van der Waals surface area contributed by atoms with Crippen molar-refractivity contribution in [2.75, 3.05) is 0 Å². The molecule has 0 heterocycles. The van der Waals surface area contributed by atoms with Gasteiger partial charge in [-0.25, -0.2) is 0 Å². The summed E-state index contributed by atoms with van der Waals surface area (Å²) in [5, 5.41) is -22.1. The number of hydrogen-bond acceptors (Lipinski definition) is 0. The van der Waals surface area contributed by atoms with Crippen molar-refractivity contribution in [3.63, 3.8) is 0 Å². The van der Waals surface area contributed by atoms with Crippen molar-refractivity contribution in [1.29, 1.82) is 0 Å². The molecule has 0 spiro atoms. The van der Waals surface area contributed by atoms with Crippen molar-refractivity contribution in [2.24, 2.45) is 0 Å². The van der Waals surface area contributed by atoms with E-state index in [9.17, 15) is 42.5 Å². The van der Waals surface area contributed by atoms with Crippen LogP contribution in [-0.2, 0) is 0 Å². The maximum absolute atomic E-state index is 9.69. The van der Waals surface area contributed by atoms with Crippen molar-refractivity contribution in [3.8, 4) is 100 Å². The molecule has 0 heteroatoms. The molecular weight excluding hydrogens is 1800 g/mol. The van der Waals surface area contributed by atoms with Crippen LogP contribution < -0.4 is 0 Å². The van der Waals surface area contributed by atoms with E-state index < -0.39 is 874 Å². The van der Waals surface area contributed by atoms with Crippen molar-refractivity contribution < 1.29 is 132 Å². The van der Waals surface area contributed by atoms with Gasteiger partial charge in [0.2, 0.25) is 0 Å². The van der Waals surface area contributed by atoms with Gasteiger partial charge in [0.25, 0.3) is 0 Å². The Labute approximate surface area is 1000 Å². The van der Waals surface area contributed by atoms with Gasteiger partial charge in [0.15, 0.2) is 0 Å². The molecule has 0 saturated carbocycles. The van der Waals surface area contributed by atoms with Gasteiger partial charge in [-0.05, 0) is 336 Å². The summed E-state index contributed by atoms with van der Waals surface area (Å²) in [7, 11) is 0. The third-order valence-electron chi connectivity index (χ3n) is 24.1. The molecule has 150 heavy (non-hydrogen) atoms. The minimum Gasteiger partial charge on any atom is -0.0622 e. The molecule has 0 unspecified atom stereocenters. The van der Waals surface area contributed by atoms with Crippen LogP contribution in [0.25, 0.3) is 294 Å². The summed E-state index contributed by atoms with van der Waals surface area (Å²) < 4.78 is 850. The first-order valence-electron chi connectivity index (χ1n) is 92.2. The van der Waals surface area contributed by atoms with Crippen LogP contribution in [0.15, 0.2) is 580 Å². The summed E-state index contributed by atoms with van der Waals surface area (Å²) in [6.07, 6.45) is 0. The maximum atomic E-state index is 9.69. The average molecular weight is 2000 g/mol. The molecule has 31 rings (SSSR count). The van der Waals surface area contributed by atoms with Crippen LogP contribution in [-0.4, -0.2) is 0 Å². The quantitative estimate of drug-likeness (QED) is 0.0998. The second kappa shape index (κ2) is 37.6. The Hall–Kier alpha value is -19.5. The van der Waals surface area contributed by atoms with E-state index in [4.69, 9.17) is 89.1 Å². The third kappa shape index (κ3) is 15.6. The minimum atomic E-state index is -1.01. The van der Waals surface area contributed by atoms with Gasteiger partial charge < -0.3 is 0 Å². The molecule has 31 aromatic rings. The lowest BCUT2D eigenvalue weighted by Crippen LogP contribution is -1.92. The molecule has 0 aromatic heterocycles. The zero-order valence-corrected chi connectivity index (χ0v) is 75.0. The Kier molecular flexibility index (Phi) is 8.53. The second-order valence-corrected chi connectivity index (χ2v) is 32.2. The van der Waals surface area contributed by atoms with Crippen molar-refractivity contribution in [3.05, 3.63) is 580 Å². The Morgan fingerprint density at radius 1 is 0.0867 bits per heavy atom. The fourth-order valence-electron chi connectivity index (χ4n) is 17.8. The van der Waals surface area contributed by atoms with Gasteiger partial charge in [0.05, 0.1) is 132 Å². The summed E-state index contributed by atoms with van der Waals surface area (Å²) in [6, 6.07) is -84.9. The van der Waals surface area contributed by atoms with Gasteiger partial charge in [-0.2, -0.15) is 0 Å². The van der Waals surface area contributed by atoms with E-state index in [0.717, 1.165) is 0 Å². The first kappa shape index (κ1) is 34.1. The van der Waals surface area contributed by atoms with E-state index in [-0.39, 0.29) is 0 Å². The molecule has 31 aromatic carbocycles. The predicted octanol–water partition coefficient (Wildman–Crippen LogP) is 42.5. The molecule has 0 aliphatic carbocycles. The maximum Gasteiger partial charge on any atom is 0.0636 e. The Morgan fingerprint density at radius 2 is 0.280 bits per heavy atom. The van der Waals surface area contributed by atoms with E-state index >= 15 is 0 Å². The molecule has 0 nitrogen and oxygen atoms in total. The highest BCUT2D eigenvalue weighted by Crippen LogP contribution is 2.53. The lowest BCUT2D eigenvalue weighted by molar-refractivity contribution is 1.61. The van der Waals surface area contributed by atoms with Gasteiger partial charge in [-0.3, -0.25) is 0 Å².